The highest BCUT2D eigenvalue weighted by atomic mass is 35.5. The highest BCUT2D eigenvalue weighted by Gasteiger charge is 2.22. The number of ether oxygens (including phenoxy) is 2. The summed E-state index contributed by atoms with van der Waals surface area (Å²) in [5.74, 6) is 3.32. The third-order valence-corrected chi connectivity index (χ3v) is 5.46. The lowest BCUT2D eigenvalue weighted by Gasteiger charge is -2.14. The van der Waals surface area contributed by atoms with Crippen LogP contribution in [0.1, 0.15) is 19.3 Å². The second kappa shape index (κ2) is 8.00. The van der Waals surface area contributed by atoms with Crippen LogP contribution < -0.4 is 20.1 Å². The number of halogens is 1. The van der Waals surface area contributed by atoms with E-state index in [4.69, 9.17) is 21.1 Å². The number of anilines is 2. The van der Waals surface area contributed by atoms with Gasteiger partial charge in [-0.1, -0.05) is 11.6 Å². The lowest BCUT2D eigenvalue weighted by Crippen LogP contribution is -2.19. The van der Waals surface area contributed by atoms with Gasteiger partial charge in [0, 0.05) is 18.0 Å². The molecule has 0 spiro atoms. The van der Waals surface area contributed by atoms with Crippen molar-refractivity contribution in [1.29, 1.82) is 0 Å². The molecule has 2 aliphatic rings. The van der Waals surface area contributed by atoms with Crippen LogP contribution in [-0.2, 0) is 0 Å². The van der Waals surface area contributed by atoms with Gasteiger partial charge in [0.1, 0.15) is 29.8 Å². The molecule has 2 aromatic heterocycles. The second-order valence-corrected chi connectivity index (χ2v) is 7.92. The number of rotatable bonds is 7. The van der Waals surface area contributed by atoms with Crippen LogP contribution >= 0.6 is 11.6 Å². The average molecular weight is 412 g/mol. The van der Waals surface area contributed by atoms with Crippen molar-refractivity contribution in [2.24, 2.45) is 5.92 Å². The van der Waals surface area contributed by atoms with E-state index in [9.17, 15) is 0 Å². The zero-order valence-electron chi connectivity index (χ0n) is 15.9. The van der Waals surface area contributed by atoms with Gasteiger partial charge in [-0.3, -0.25) is 0 Å². The molecule has 1 saturated heterocycles. The monoisotopic (exact) mass is 411 g/mol. The molecule has 29 heavy (non-hydrogen) atoms. The summed E-state index contributed by atoms with van der Waals surface area (Å²) in [6.45, 7) is 2.55. The highest BCUT2D eigenvalue weighted by molar-refractivity contribution is 6.32. The van der Waals surface area contributed by atoms with Crippen molar-refractivity contribution in [2.75, 3.05) is 25.0 Å². The first kappa shape index (κ1) is 18.4. The van der Waals surface area contributed by atoms with Gasteiger partial charge in [-0.2, -0.15) is 0 Å². The summed E-state index contributed by atoms with van der Waals surface area (Å²) in [7, 11) is 0. The molecule has 0 amide bonds. The summed E-state index contributed by atoms with van der Waals surface area (Å²) in [6, 6.07) is 7.60. The summed E-state index contributed by atoms with van der Waals surface area (Å²) >= 11 is 6.37. The predicted octanol–water partition coefficient (Wildman–Crippen LogP) is 3.95. The Morgan fingerprint density at radius 1 is 1.14 bits per heavy atom. The Labute approximate surface area is 173 Å². The van der Waals surface area contributed by atoms with E-state index in [-0.39, 0.29) is 6.10 Å². The van der Waals surface area contributed by atoms with E-state index in [0.717, 1.165) is 36.2 Å². The van der Waals surface area contributed by atoms with Crippen molar-refractivity contribution in [3.05, 3.63) is 41.8 Å². The second-order valence-electron chi connectivity index (χ2n) is 7.51. The Balaban J connectivity index is 1.36. The predicted molar refractivity (Wildman–Crippen MR) is 112 cm³/mol. The molecule has 150 valence electrons. The maximum absolute atomic E-state index is 6.37. The first-order valence-electron chi connectivity index (χ1n) is 9.92. The van der Waals surface area contributed by atoms with Gasteiger partial charge in [0.05, 0.1) is 23.3 Å². The van der Waals surface area contributed by atoms with E-state index >= 15 is 0 Å². The number of hydrogen-bond donors (Lipinski definition) is 2. The average Bonchev–Trinajstić information content (AvgIpc) is 3.42. The van der Waals surface area contributed by atoms with Gasteiger partial charge in [0.2, 0.25) is 0 Å². The van der Waals surface area contributed by atoms with E-state index in [0.29, 0.717) is 34.9 Å². The molecule has 0 radical (unpaired) electrons. The molecule has 1 aromatic carbocycles. The molecule has 8 heteroatoms. The minimum Gasteiger partial charge on any atom is -0.490 e. The van der Waals surface area contributed by atoms with Crippen LogP contribution in [0.25, 0.3) is 10.9 Å². The fourth-order valence-corrected chi connectivity index (χ4v) is 3.54. The van der Waals surface area contributed by atoms with Crippen molar-refractivity contribution < 1.29 is 9.47 Å². The van der Waals surface area contributed by atoms with Crippen molar-refractivity contribution in [3.63, 3.8) is 0 Å². The molecule has 2 fully saturated rings. The van der Waals surface area contributed by atoms with Gasteiger partial charge in [0.15, 0.2) is 5.75 Å². The van der Waals surface area contributed by atoms with Gasteiger partial charge in [-0.25, -0.2) is 15.0 Å². The minimum absolute atomic E-state index is 0.192. The Hall–Kier alpha value is -2.64. The first-order chi connectivity index (χ1) is 14.2. The molecular formula is C21H22ClN5O2. The number of pyridine rings is 1. The van der Waals surface area contributed by atoms with Crippen molar-refractivity contribution in [1.82, 2.24) is 20.3 Å². The highest BCUT2D eigenvalue weighted by Crippen LogP contribution is 2.33. The van der Waals surface area contributed by atoms with Gasteiger partial charge < -0.3 is 20.1 Å². The van der Waals surface area contributed by atoms with Crippen LogP contribution in [0.2, 0.25) is 5.02 Å². The molecule has 5 rings (SSSR count). The first-order valence-corrected chi connectivity index (χ1v) is 10.3. The summed E-state index contributed by atoms with van der Waals surface area (Å²) in [5, 5.41) is 7.94. The molecule has 7 nitrogen and oxygen atoms in total. The molecule has 0 bridgehead atoms. The molecule has 1 saturated carbocycles. The smallest absolute Gasteiger partial charge is 0.156 e. The van der Waals surface area contributed by atoms with Crippen LogP contribution in [0.3, 0.4) is 0 Å². The lowest BCUT2D eigenvalue weighted by molar-refractivity contribution is 0.223. The van der Waals surface area contributed by atoms with Gasteiger partial charge in [-0.15, -0.1) is 0 Å². The lowest BCUT2D eigenvalue weighted by atomic mass is 10.2. The summed E-state index contributed by atoms with van der Waals surface area (Å²) < 4.78 is 11.8. The van der Waals surface area contributed by atoms with E-state index in [1.807, 2.05) is 18.2 Å². The molecule has 1 aliphatic carbocycles. The van der Waals surface area contributed by atoms with E-state index in [1.165, 1.54) is 19.2 Å². The molecule has 0 unspecified atom stereocenters. The maximum Gasteiger partial charge on any atom is 0.156 e. The van der Waals surface area contributed by atoms with Gasteiger partial charge in [0.25, 0.3) is 0 Å². The molecule has 3 aromatic rings. The maximum atomic E-state index is 6.37. The Morgan fingerprint density at radius 3 is 2.86 bits per heavy atom. The molecule has 1 atom stereocenters. The molecule has 2 N–H and O–H groups in total. The van der Waals surface area contributed by atoms with Gasteiger partial charge >= 0.3 is 0 Å². The van der Waals surface area contributed by atoms with E-state index in [1.54, 1.807) is 12.3 Å². The number of hydrogen-bond acceptors (Lipinski definition) is 7. The number of aromatic nitrogens is 3. The zero-order chi connectivity index (χ0) is 19.6. The number of fused-ring (bicyclic) bond motifs is 1. The van der Waals surface area contributed by atoms with Crippen LogP contribution in [0, 0.1) is 5.92 Å². The van der Waals surface area contributed by atoms with Crippen LogP contribution in [0.5, 0.6) is 11.5 Å². The van der Waals surface area contributed by atoms with Crippen LogP contribution in [-0.4, -0.2) is 40.8 Å². The molecule has 1 aliphatic heterocycles. The zero-order valence-corrected chi connectivity index (χ0v) is 16.7. The van der Waals surface area contributed by atoms with Crippen LogP contribution in [0.4, 0.5) is 11.6 Å². The van der Waals surface area contributed by atoms with Crippen molar-refractivity contribution >= 4 is 34.1 Å². The summed E-state index contributed by atoms with van der Waals surface area (Å²) in [6.07, 6.45) is 6.84. The third kappa shape index (κ3) is 4.36. The molecule has 3 heterocycles. The Kier molecular flexibility index (Phi) is 5.08. The SMILES string of the molecule is Clc1cc(Nc2ncnc3ccc(O[C@H]4CCNC4)cc23)ncc1OCC1CC1. The van der Waals surface area contributed by atoms with E-state index in [2.05, 4.69) is 25.6 Å². The largest absolute Gasteiger partial charge is 0.490 e. The minimum atomic E-state index is 0.192. The fourth-order valence-electron chi connectivity index (χ4n) is 3.34. The summed E-state index contributed by atoms with van der Waals surface area (Å²) in [4.78, 5) is 13.2. The van der Waals surface area contributed by atoms with Crippen molar-refractivity contribution in [3.8, 4) is 11.5 Å². The number of nitrogens with zero attached hydrogens (tertiary/aromatic N) is 3. The number of nitrogens with one attached hydrogen (secondary N) is 2. The molecular weight excluding hydrogens is 390 g/mol. The Bertz CT molecular complexity index is 1020. The standard InChI is InChI=1S/C21H22ClN5O2/c22-17-8-20(24-10-19(17)28-11-13-1-2-13)27-21-16-7-14(29-15-5-6-23-9-15)3-4-18(16)25-12-26-21/h3-4,7-8,10,12-13,15,23H,1-2,5-6,9,11H2,(H,24,25,26,27)/t15-/m0/s1. The van der Waals surface area contributed by atoms with Gasteiger partial charge in [-0.05, 0) is 49.9 Å². The Morgan fingerprint density at radius 2 is 2.07 bits per heavy atom. The third-order valence-electron chi connectivity index (χ3n) is 5.16. The van der Waals surface area contributed by atoms with Crippen molar-refractivity contribution in [2.45, 2.75) is 25.4 Å². The normalized spacial score (nSPS) is 18.7. The fraction of sp³-hybridized carbons (Fsp3) is 0.381. The van der Waals surface area contributed by atoms with Crippen LogP contribution in [0.15, 0.2) is 36.8 Å². The topological polar surface area (TPSA) is 81.2 Å². The van der Waals surface area contributed by atoms with E-state index < -0.39 is 0 Å². The summed E-state index contributed by atoms with van der Waals surface area (Å²) in [5.41, 5.74) is 0.829. The number of benzene rings is 1. The quantitative estimate of drug-likeness (QED) is 0.609.